The minimum absolute atomic E-state index is 0.126. The van der Waals surface area contributed by atoms with Crippen molar-refractivity contribution in [1.82, 2.24) is 15.0 Å². The molecule has 2 heterocycles. The van der Waals surface area contributed by atoms with E-state index in [9.17, 15) is 0 Å². The Morgan fingerprint density at radius 3 is 2.68 bits per heavy atom. The van der Waals surface area contributed by atoms with Crippen molar-refractivity contribution in [2.24, 2.45) is 0 Å². The van der Waals surface area contributed by atoms with Gasteiger partial charge in [0.1, 0.15) is 0 Å². The minimum atomic E-state index is 0.126. The Morgan fingerprint density at radius 2 is 2.00 bits per heavy atom. The number of nitrogens with zero attached hydrogens (tertiary/aromatic N) is 3. The maximum atomic E-state index is 5.81. The first-order chi connectivity index (χ1) is 9.21. The van der Waals surface area contributed by atoms with Gasteiger partial charge in [-0.1, -0.05) is 6.92 Å². The second-order valence-electron chi connectivity index (χ2n) is 3.72. The van der Waals surface area contributed by atoms with Crippen molar-refractivity contribution in [2.45, 2.75) is 26.8 Å². The van der Waals surface area contributed by atoms with Crippen LogP contribution in [0.2, 0.25) is 5.28 Å². The average Bonchev–Trinajstić information content (AvgIpc) is 2.84. The number of aryl methyl sites for hydroxylation is 1. The van der Waals surface area contributed by atoms with Crippen LogP contribution in [-0.2, 0) is 13.0 Å². The van der Waals surface area contributed by atoms with Crippen LogP contribution in [0.4, 0.5) is 5.95 Å². The highest BCUT2D eigenvalue weighted by Gasteiger charge is 2.06. The first-order valence-electron chi connectivity index (χ1n) is 6.07. The summed E-state index contributed by atoms with van der Waals surface area (Å²) in [6.07, 6.45) is 1.05. The Bertz CT molecular complexity index is 546. The van der Waals surface area contributed by atoms with Gasteiger partial charge in [-0.15, -0.1) is 11.3 Å². The number of nitrogens with one attached hydrogen (secondary N) is 1. The van der Waals surface area contributed by atoms with Gasteiger partial charge < -0.3 is 10.1 Å². The molecule has 0 atom stereocenters. The molecule has 0 saturated carbocycles. The van der Waals surface area contributed by atoms with Crippen LogP contribution in [0.1, 0.15) is 23.6 Å². The smallest absolute Gasteiger partial charge is 0.322 e. The van der Waals surface area contributed by atoms with Gasteiger partial charge in [0.2, 0.25) is 11.2 Å². The topological polar surface area (TPSA) is 59.9 Å². The summed E-state index contributed by atoms with van der Waals surface area (Å²) in [4.78, 5) is 14.6. The molecule has 7 heteroatoms. The van der Waals surface area contributed by atoms with Gasteiger partial charge >= 0.3 is 6.01 Å². The molecule has 0 fully saturated rings. The molecule has 0 unspecified atom stereocenters. The second-order valence-corrected chi connectivity index (χ2v) is 5.31. The summed E-state index contributed by atoms with van der Waals surface area (Å²) >= 11 is 7.59. The number of anilines is 1. The van der Waals surface area contributed by atoms with Crippen molar-refractivity contribution in [3.05, 3.63) is 27.2 Å². The van der Waals surface area contributed by atoms with Crippen molar-refractivity contribution < 1.29 is 4.74 Å². The first-order valence-corrected chi connectivity index (χ1v) is 7.26. The molecular weight excluding hydrogens is 284 g/mol. The third kappa shape index (κ3) is 4.04. The molecule has 5 nitrogen and oxygen atoms in total. The molecule has 0 aliphatic rings. The number of hydrogen-bond donors (Lipinski definition) is 1. The quantitative estimate of drug-likeness (QED) is 0.887. The predicted octanol–water partition coefficient (Wildman–Crippen LogP) is 3.16. The summed E-state index contributed by atoms with van der Waals surface area (Å²) in [5.74, 6) is 0.426. The summed E-state index contributed by atoms with van der Waals surface area (Å²) < 4.78 is 5.22. The molecule has 0 amide bonds. The minimum Gasteiger partial charge on any atom is -0.464 e. The van der Waals surface area contributed by atoms with Gasteiger partial charge in [-0.25, -0.2) is 0 Å². The fraction of sp³-hybridized carbons (Fsp3) is 0.417. The zero-order chi connectivity index (χ0) is 13.7. The lowest BCUT2D eigenvalue weighted by Gasteiger charge is -2.05. The molecule has 2 aromatic heterocycles. The van der Waals surface area contributed by atoms with E-state index in [4.69, 9.17) is 16.3 Å². The average molecular weight is 299 g/mol. The number of ether oxygens (including phenoxy) is 1. The van der Waals surface area contributed by atoms with E-state index in [-0.39, 0.29) is 11.3 Å². The summed E-state index contributed by atoms with van der Waals surface area (Å²) in [6, 6.07) is 4.47. The maximum absolute atomic E-state index is 5.81. The van der Waals surface area contributed by atoms with Crippen molar-refractivity contribution in [3.8, 4) is 6.01 Å². The Morgan fingerprint density at radius 1 is 1.21 bits per heavy atom. The van der Waals surface area contributed by atoms with Crippen LogP contribution in [0.15, 0.2) is 12.1 Å². The number of thiophene rings is 1. The first kappa shape index (κ1) is 14.0. The molecular formula is C12H15ClN4OS. The molecule has 0 saturated heterocycles. The van der Waals surface area contributed by atoms with Gasteiger partial charge in [0, 0.05) is 9.75 Å². The number of aromatic nitrogens is 3. The second kappa shape index (κ2) is 6.68. The van der Waals surface area contributed by atoms with E-state index < -0.39 is 0 Å². The summed E-state index contributed by atoms with van der Waals surface area (Å²) in [6.45, 7) is 5.16. The standard InChI is InChI=1S/C12H15ClN4OS/c1-3-8-5-6-9(19-8)7-14-11-15-10(13)16-12(17-11)18-4-2/h5-6H,3-4,7H2,1-2H3,(H,14,15,16,17). The molecule has 1 N–H and O–H groups in total. The summed E-state index contributed by atoms with van der Waals surface area (Å²) in [5.41, 5.74) is 0. The van der Waals surface area contributed by atoms with Crippen LogP contribution in [0.25, 0.3) is 0 Å². The van der Waals surface area contributed by atoms with Crippen LogP contribution < -0.4 is 10.1 Å². The fourth-order valence-corrected chi connectivity index (χ4v) is 2.53. The maximum Gasteiger partial charge on any atom is 0.322 e. The molecule has 0 aliphatic heterocycles. The molecule has 0 aliphatic carbocycles. The molecule has 0 aromatic carbocycles. The highest BCUT2D eigenvalue weighted by molar-refractivity contribution is 7.12. The molecule has 0 radical (unpaired) electrons. The Balaban J connectivity index is 2.02. The van der Waals surface area contributed by atoms with Gasteiger partial charge in [-0.2, -0.15) is 15.0 Å². The number of hydrogen-bond acceptors (Lipinski definition) is 6. The van der Waals surface area contributed by atoms with Crippen LogP contribution in [0, 0.1) is 0 Å². The van der Waals surface area contributed by atoms with Crippen molar-refractivity contribution in [1.29, 1.82) is 0 Å². The Kier molecular flexibility index (Phi) is 4.93. The highest BCUT2D eigenvalue weighted by Crippen LogP contribution is 2.18. The van der Waals surface area contributed by atoms with Gasteiger partial charge in [-0.05, 0) is 37.1 Å². The monoisotopic (exact) mass is 298 g/mol. The van der Waals surface area contributed by atoms with Crippen molar-refractivity contribution in [3.63, 3.8) is 0 Å². The number of rotatable bonds is 6. The molecule has 2 rings (SSSR count). The van der Waals surface area contributed by atoms with E-state index in [2.05, 4.69) is 39.3 Å². The number of halogens is 1. The van der Waals surface area contributed by atoms with E-state index in [0.717, 1.165) is 6.42 Å². The van der Waals surface area contributed by atoms with Gasteiger partial charge in [-0.3, -0.25) is 0 Å². The van der Waals surface area contributed by atoms with Crippen LogP contribution in [0.5, 0.6) is 6.01 Å². The van der Waals surface area contributed by atoms with Crippen LogP contribution in [0.3, 0.4) is 0 Å². The zero-order valence-electron chi connectivity index (χ0n) is 10.8. The molecule has 19 heavy (non-hydrogen) atoms. The third-order valence-electron chi connectivity index (χ3n) is 2.35. The van der Waals surface area contributed by atoms with E-state index in [0.29, 0.717) is 19.1 Å². The molecule has 0 spiro atoms. The normalized spacial score (nSPS) is 10.5. The predicted molar refractivity (Wildman–Crippen MR) is 77.0 cm³/mol. The Labute approximate surface area is 121 Å². The van der Waals surface area contributed by atoms with Crippen molar-refractivity contribution >= 4 is 28.9 Å². The SMILES string of the molecule is CCOc1nc(Cl)nc(NCc2ccc(CC)s2)n1. The summed E-state index contributed by atoms with van der Waals surface area (Å²) in [7, 11) is 0. The van der Waals surface area contributed by atoms with Crippen LogP contribution in [-0.4, -0.2) is 21.6 Å². The largest absolute Gasteiger partial charge is 0.464 e. The fourth-order valence-electron chi connectivity index (χ4n) is 1.48. The lowest BCUT2D eigenvalue weighted by atomic mass is 10.4. The van der Waals surface area contributed by atoms with Crippen molar-refractivity contribution in [2.75, 3.05) is 11.9 Å². The molecule has 0 bridgehead atoms. The lowest BCUT2D eigenvalue weighted by Crippen LogP contribution is -2.06. The van der Waals surface area contributed by atoms with Gasteiger partial charge in [0.05, 0.1) is 13.2 Å². The van der Waals surface area contributed by atoms with E-state index in [1.54, 1.807) is 11.3 Å². The third-order valence-corrected chi connectivity index (χ3v) is 3.75. The summed E-state index contributed by atoms with van der Waals surface area (Å²) in [5, 5.41) is 3.25. The van der Waals surface area contributed by atoms with E-state index in [1.165, 1.54) is 9.75 Å². The van der Waals surface area contributed by atoms with Crippen LogP contribution >= 0.6 is 22.9 Å². The van der Waals surface area contributed by atoms with Gasteiger partial charge in [0.25, 0.3) is 0 Å². The van der Waals surface area contributed by atoms with E-state index >= 15 is 0 Å². The highest BCUT2D eigenvalue weighted by atomic mass is 35.5. The lowest BCUT2D eigenvalue weighted by molar-refractivity contribution is 0.312. The molecule has 102 valence electrons. The van der Waals surface area contributed by atoms with E-state index in [1.807, 2.05) is 6.92 Å². The molecule has 2 aromatic rings. The zero-order valence-corrected chi connectivity index (χ0v) is 12.4. The van der Waals surface area contributed by atoms with Gasteiger partial charge in [0.15, 0.2) is 0 Å². The Hall–Kier alpha value is -1.40.